The van der Waals surface area contributed by atoms with E-state index >= 15 is 0 Å². The van der Waals surface area contributed by atoms with Crippen molar-refractivity contribution in [2.75, 3.05) is 11.5 Å². The first kappa shape index (κ1) is 10.7. The maximum Gasteiger partial charge on any atom is 0.0414 e. The summed E-state index contributed by atoms with van der Waals surface area (Å²) >= 11 is 5.30. The Balaban J connectivity index is 2.49. The molecule has 0 spiro atoms. The van der Waals surface area contributed by atoms with Crippen molar-refractivity contribution in [3.8, 4) is 0 Å². The van der Waals surface area contributed by atoms with Gasteiger partial charge >= 0.3 is 0 Å². The molecule has 0 saturated carbocycles. The molecule has 16 heavy (non-hydrogen) atoms. The average molecular weight is 231 g/mol. The Labute approximate surface area is 99.6 Å². The van der Waals surface area contributed by atoms with Gasteiger partial charge in [-0.05, 0) is 23.8 Å². The van der Waals surface area contributed by atoms with Crippen LogP contribution < -0.4 is 17.2 Å². The van der Waals surface area contributed by atoms with E-state index in [-0.39, 0.29) is 0 Å². The molecule has 0 aliphatic heterocycles. The Kier molecular flexibility index (Phi) is 2.66. The van der Waals surface area contributed by atoms with Crippen molar-refractivity contribution < 1.29 is 0 Å². The normalized spacial score (nSPS) is 15.6. The van der Waals surface area contributed by atoms with Crippen LogP contribution in [0.15, 0.2) is 36.0 Å². The molecule has 1 aliphatic rings. The summed E-state index contributed by atoms with van der Waals surface area (Å²) in [4.78, 5) is 0.816. The molecule has 0 atom stereocenters. The molecule has 0 heterocycles. The standard InChI is InChI=1S/C12H13N3S/c13-7-1-3-9(11(15)5-7)10-4-2-8(14)6-12(10)16/h1-5H,6,13-15H2. The third kappa shape index (κ3) is 1.92. The van der Waals surface area contributed by atoms with Crippen LogP contribution in [0.25, 0.3) is 5.57 Å². The Bertz CT molecular complexity index is 515. The summed E-state index contributed by atoms with van der Waals surface area (Å²) < 4.78 is 0. The van der Waals surface area contributed by atoms with Crippen LogP contribution in [-0.2, 0) is 0 Å². The molecule has 0 unspecified atom stereocenters. The summed E-state index contributed by atoms with van der Waals surface area (Å²) in [5.41, 5.74) is 21.2. The molecule has 2 rings (SSSR count). The number of hydrogen-bond acceptors (Lipinski definition) is 4. The monoisotopic (exact) mass is 231 g/mol. The van der Waals surface area contributed by atoms with E-state index < -0.39 is 0 Å². The van der Waals surface area contributed by atoms with E-state index in [2.05, 4.69) is 0 Å². The highest BCUT2D eigenvalue weighted by molar-refractivity contribution is 7.81. The van der Waals surface area contributed by atoms with Gasteiger partial charge in [-0.1, -0.05) is 24.4 Å². The minimum atomic E-state index is 0.616. The third-order valence-electron chi connectivity index (χ3n) is 2.49. The minimum absolute atomic E-state index is 0.616. The third-order valence-corrected chi connectivity index (χ3v) is 2.86. The Hall–Kier alpha value is -1.81. The van der Waals surface area contributed by atoms with Crippen LogP contribution in [0.2, 0.25) is 0 Å². The van der Waals surface area contributed by atoms with Gasteiger partial charge in [0.15, 0.2) is 0 Å². The summed E-state index contributed by atoms with van der Waals surface area (Å²) in [6.07, 6.45) is 4.38. The SMILES string of the molecule is NC1=CC=C(c2ccc(N)cc2N)C(=S)C1. The van der Waals surface area contributed by atoms with E-state index in [9.17, 15) is 0 Å². The molecule has 82 valence electrons. The van der Waals surface area contributed by atoms with E-state index in [1.54, 1.807) is 6.07 Å². The van der Waals surface area contributed by atoms with Gasteiger partial charge in [-0.25, -0.2) is 0 Å². The summed E-state index contributed by atoms with van der Waals surface area (Å²) in [5.74, 6) is 0. The fourth-order valence-electron chi connectivity index (χ4n) is 1.69. The van der Waals surface area contributed by atoms with Crippen LogP contribution in [0.1, 0.15) is 12.0 Å². The first-order chi connectivity index (χ1) is 7.58. The molecule has 1 aliphatic carbocycles. The van der Waals surface area contributed by atoms with Gasteiger partial charge in [0, 0.05) is 33.9 Å². The summed E-state index contributed by atoms with van der Waals surface area (Å²) in [6.45, 7) is 0. The maximum atomic E-state index is 5.92. The fraction of sp³-hybridized carbons (Fsp3) is 0.0833. The number of thiocarbonyl (C=S) groups is 1. The van der Waals surface area contributed by atoms with Crippen LogP contribution in [0, 0.1) is 0 Å². The summed E-state index contributed by atoms with van der Waals surface area (Å²) in [6, 6.07) is 5.44. The van der Waals surface area contributed by atoms with E-state index in [4.69, 9.17) is 29.4 Å². The minimum Gasteiger partial charge on any atom is -0.402 e. The van der Waals surface area contributed by atoms with E-state index in [1.165, 1.54) is 0 Å². The lowest BCUT2D eigenvalue weighted by Crippen LogP contribution is -2.11. The highest BCUT2D eigenvalue weighted by Crippen LogP contribution is 2.28. The Morgan fingerprint density at radius 2 is 1.81 bits per heavy atom. The van der Waals surface area contributed by atoms with Gasteiger partial charge in [0.25, 0.3) is 0 Å². The van der Waals surface area contributed by atoms with E-state index in [0.717, 1.165) is 21.7 Å². The van der Waals surface area contributed by atoms with E-state index in [1.807, 2.05) is 24.3 Å². The van der Waals surface area contributed by atoms with Crippen molar-refractivity contribution in [1.82, 2.24) is 0 Å². The van der Waals surface area contributed by atoms with Crippen molar-refractivity contribution >= 4 is 34.0 Å². The van der Waals surface area contributed by atoms with Crippen LogP contribution in [0.3, 0.4) is 0 Å². The molecule has 0 radical (unpaired) electrons. The number of nitrogens with two attached hydrogens (primary N) is 3. The summed E-state index contributed by atoms with van der Waals surface area (Å²) in [7, 11) is 0. The fourth-order valence-corrected chi connectivity index (χ4v) is 2.03. The zero-order valence-corrected chi connectivity index (χ0v) is 9.55. The Morgan fingerprint density at radius 1 is 1.06 bits per heavy atom. The molecule has 0 amide bonds. The quantitative estimate of drug-likeness (QED) is 0.509. The van der Waals surface area contributed by atoms with Crippen LogP contribution >= 0.6 is 12.2 Å². The second kappa shape index (κ2) is 3.98. The highest BCUT2D eigenvalue weighted by Gasteiger charge is 2.14. The first-order valence-electron chi connectivity index (χ1n) is 4.93. The zero-order chi connectivity index (χ0) is 11.7. The predicted octanol–water partition coefficient (Wildman–Crippen LogP) is 1.85. The maximum absolute atomic E-state index is 5.92. The smallest absolute Gasteiger partial charge is 0.0414 e. The molecule has 0 saturated heterocycles. The largest absolute Gasteiger partial charge is 0.402 e. The molecule has 1 aromatic rings. The van der Waals surface area contributed by atoms with Crippen molar-refractivity contribution in [3.63, 3.8) is 0 Å². The number of anilines is 2. The zero-order valence-electron chi connectivity index (χ0n) is 8.73. The molecule has 0 fully saturated rings. The number of nitrogen functional groups attached to an aromatic ring is 2. The highest BCUT2D eigenvalue weighted by atomic mass is 32.1. The van der Waals surface area contributed by atoms with Gasteiger partial charge in [-0.15, -0.1) is 0 Å². The lowest BCUT2D eigenvalue weighted by Gasteiger charge is -2.15. The molecule has 4 heteroatoms. The predicted molar refractivity (Wildman–Crippen MR) is 72.7 cm³/mol. The van der Waals surface area contributed by atoms with Gasteiger partial charge in [0.05, 0.1) is 0 Å². The first-order valence-corrected chi connectivity index (χ1v) is 5.33. The lowest BCUT2D eigenvalue weighted by molar-refractivity contribution is 1.22. The number of benzene rings is 1. The van der Waals surface area contributed by atoms with Gasteiger partial charge in [0.2, 0.25) is 0 Å². The van der Waals surface area contributed by atoms with Crippen molar-refractivity contribution in [1.29, 1.82) is 0 Å². The topological polar surface area (TPSA) is 78.1 Å². The van der Waals surface area contributed by atoms with Crippen LogP contribution in [0.4, 0.5) is 11.4 Å². The van der Waals surface area contributed by atoms with E-state index in [0.29, 0.717) is 17.8 Å². The second-order valence-electron chi connectivity index (χ2n) is 3.77. The van der Waals surface area contributed by atoms with Gasteiger partial charge in [-0.3, -0.25) is 0 Å². The number of hydrogen-bond donors (Lipinski definition) is 3. The van der Waals surface area contributed by atoms with Crippen molar-refractivity contribution in [2.24, 2.45) is 5.73 Å². The molecule has 3 nitrogen and oxygen atoms in total. The molecular weight excluding hydrogens is 218 g/mol. The summed E-state index contributed by atoms with van der Waals surface area (Å²) in [5, 5.41) is 0. The average Bonchev–Trinajstić information content (AvgIpc) is 2.19. The molecule has 1 aromatic carbocycles. The van der Waals surface area contributed by atoms with Crippen molar-refractivity contribution in [2.45, 2.75) is 6.42 Å². The molecule has 6 N–H and O–H groups in total. The molecule has 0 bridgehead atoms. The second-order valence-corrected chi connectivity index (χ2v) is 4.26. The number of allylic oxidation sites excluding steroid dienone is 4. The van der Waals surface area contributed by atoms with Crippen molar-refractivity contribution in [3.05, 3.63) is 41.6 Å². The molecule has 0 aromatic heterocycles. The number of rotatable bonds is 1. The molecular formula is C12H13N3S. The lowest BCUT2D eigenvalue weighted by atomic mass is 9.94. The van der Waals surface area contributed by atoms with Gasteiger partial charge in [-0.2, -0.15) is 0 Å². The van der Waals surface area contributed by atoms with Gasteiger partial charge in [0.1, 0.15) is 0 Å². The van der Waals surface area contributed by atoms with Crippen LogP contribution in [0.5, 0.6) is 0 Å². The Morgan fingerprint density at radius 3 is 2.44 bits per heavy atom. The van der Waals surface area contributed by atoms with Gasteiger partial charge < -0.3 is 17.2 Å². The van der Waals surface area contributed by atoms with Crippen LogP contribution in [-0.4, -0.2) is 4.86 Å².